The van der Waals surface area contributed by atoms with Gasteiger partial charge in [-0.2, -0.15) is 0 Å². The van der Waals surface area contributed by atoms with Crippen LogP contribution in [0, 0.1) is 31.6 Å². The van der Waals surface area contributed by atoms with Gasteiger partial charge in [0.05, 0.1) is 5.41 Å². The normalized spacial score (nSPS) is 18.4. The minimum absolute atomic E-state index is 0.349. The lowest BCUT2D eigenvalue weighted by Gasteiger charge is -2.18. The van der Waals surface area contributed by atoms with Crippen LogP contribution >= 0.6 is 0 Å². The molecule has 0 radical (unpaired) electrons. The van der Waals surface area contributed by atoms with Crippen LogP contribution in [0.15, 0.2) is 6.07 Å². The van der Waals surface area contributed by atoms with Crippen LogP contribution < -0.4 is 0 Å². The van der Waals surface area contributed by atoms with E-state index in [4.69, 9.17) is 0 Å². The molecule has 3 rings (SSSR count). The Morgan fingerprint density at radius 2 is 1.37 bits per heavy atom. The van der Waals surface area contributed by atoms with Crippen molar-refractivity contribution in [3.8, 4) is 0 Å². The third kappa shape index (κ3) is 6.11. The van der Waals surface area contributed by atoms with E-state index in [1.165, 1.54) is 74.5 Å². The Kier molecular flexibility index (Phi) is 7.69. The van der Waals surface area contributed by atoms with E-state index < -0.39 is 5.97 Å². The van der Waals surface area contributed by atoms with Gasteiger partial charge in [-0.25, -0.2) is 0 Å². The molecule has 2 saturated carbocycles. The predicted octanol–water partition coefficient (Wildman–Crippen LogP) is 7.87. The monoisotopic (exact) mass is 412 g/mol. The maximum Gasteiger partial charge on any atom is 0.309 e. The minimum atomic E-state index is -0.568. The van der Waals surface area contributed by atoms with E-state index in [1.54, 1.807) is 11.1 Å². The van der Waals surface area contributed by atoms with Crippen LogP contribution in [-0.4, -0.2) is 11.1 Å². The van der Waals surface area contributed by atoms with Gasteiger partial charge < -0.3 is 5.11 Å². The number of unbranched alkanes of at least 4 members (excludes halogenated alkanes) is 5. The number of carboxylic acid groups (broad SMARTS) is 1. The highest BCUT2D eigenvalue weighted by Crippen LogP contribution is 2.50. The standard InChI is InChI=1S/C28H44O2/c1-21-20-22(2)24(12-9-7-11-15-28(18-19-28)26(29)30)25(23(21)3)13-8-5-6-10-14-27(4)16-17-27/h20H,5-19H2,1-4H3,(H,29,30). The quantitative estimate of drug-likeness (QED) is 0.316. The smallest absolute Gasteiger partial charge is 0.309 e. The summed E-state index contributed by atoms with van der Waals surface area (Å²) in [6.07, 6.45) is 18.2. The van der Waals surface area contributed by atoms with E-state index in [0.29, 0.717) is 5.41 Å². The Balaban J connectivity index is 1.45. The molecule has 2 fully saturated rings. The van der Waals surface area contributed by atoms with Gasteiger partial charge in [0.25, 0.3) is 0 Å². The van der Waals surface area contributed by atoms with Gasteiger partial charge in [0, 0.05) is 0 Å². The van der Waals surface area contributed by atoms with E-state index in [1.807, 2.05) is 0 Å². The molecule has 0 atom stereocenters. The summed E-state index contributed by atoms with van der Waals surface area (Å²) in [5.74, 6) is -0.568. The molecule has 30 heavy (non-hydrogen) atoms. The average molecular weight is 413 g/mol. The molecule has 0 heterocycles. The molecular formula is C28H44O2. The van der Waals surface area contributed by atoms with Gasteiger partial charge in [-0.3, -0.25) is 4.79 Å². The van der Waals surface area contributed by atoms with Gasteiger partial charge in [-0.1, -0.05) is 45.1 Å². The molecule has 2 aliphatic rings. The molecule has 0 unspecified atom stereocenters. The second-order valence-corrected chi connectivity index (χ2v) is 11.0. The third-order valence-electron chi connectivity index (χ3n) is 8.27. The summed E-state index contributed by atoms with van der Waals surface area (Å²) >= 11 is 0. The van der Waals surface area contributed by atoms with Gasteiger partial charge in [0.2, 0.25) is 0 Å². The first-order valence-corrected chi connectivity index (χ1v) is 12.6. The molecule has 0 amide bonds. The first kappa shape index (κ1) is 23.4. The maximum absolute atomic E-state index is 11.3. The van der Waals surface area contributed by atoms with Crippen molar-refractivity contribution in [2.24, 2.45) is 10.8 Å². The second-order valence-electron chi connectivity index (χ2n) is 11.0. The van der Waals surface area contributed by atoms with Crippen molar-refractivity contribution in [3.63, 3.8) is 0 Å². The van der Waals surface area contributed by atoms with Crippen LogP contribution in [0.5, 0.6) is 0 Å². The van der Waals surface area contributed by atoms with Crippen molar-refractivity contribution in [2.45, 2.75) is 124 Å². The highest BCUT2D eigenvalue weighted by Gasteiger charge is 2.49. The number of benzene rings is 1. The molecule has 0 spiro atoms. The van der Waals surface area contributed by atoms with E-state index in [-0.39, 0.29) is 5.41 Å². The topological polar surface area (TPSA) is 37.3 Å². The summed E-state index contributed by atoms with van der Waals surface area (Å²) in [6.45, 7) is 9.30. The lowest BCUT2D eigenvalue weighted by atomic mass is 9.87. The van der Waals surface area contributed by atoms with Crippen LogP contribution in [0.1, 0.15) is 118 Å². The maximum atomic E-state index is 11.3. The Hall–Kier alpha value is -1.31. The molecular weight excluding hydrogens is 368 g/mol. The molecule has 0 aliphatic heterocycles. The molecule has 1 aromatic carbocycles. The number of rotatable bonds is 14. The van der Waals surface area contributed by atoms with Crippen molar-refractivity contribution >= 4 is 5.97 Å². The minimum Gasteiger partial charge on any atom is -0.481 e. The molecule has 2 aliphatic carbocycles. The number of carboxylic acids is 1. The zero-order valence-corrected chi connectivity index (χ0v) is 20.0. The summed E-state index contributed by atoms with van der Waals surface area (Å²) in [5.41, 5.74) is 7.96. The summed E-state index contributed by atoms with van der Waals surface area (Å²) < 4.78 is 0. The van der Waals surface area contributed by atoms with Crippen molar-refractivity contribution in [2.75, 3.05) is 0 Å². The van der Waals surface area contributed by atoms with Crippen molar-refractivity contribution in [1.29, 1.82) is 0 Å². The van der Waals surface area contributed by atoms with Crippen LogP contribution in [0.2, 0.25) is 0 Å². The van der Waals surface area contributed by atoms with E-state index >= 15 is 0 Å². The van der Waals surface area contributed by atoms with Crippen molar-refractivity contribution in [3.05, 3.63) is 33.9 Å². The van der Waals surface area contributed by atoms with Crippen LogP contribution in [0.4, 0.5) is 0 Å². The number of aryl methyl sites for hydroxylation is 2. The second kappa shape index (κ2) is 9.88. The van der Waals surface area contributed by atoms with Gasteiger partial charge in [-0.15, -0.1) is 0 Å². The van der Waals surface area contributed by atoms with Gasteiger partial charge in [0.1, 0.15) is 0 Å². The highest BCUT2D eigenvalue weighted by molar-refractivity contribution is 5.77. The van der Waals surface area contributed by atoms with E-state index in [2.05, 4.69) is 33.8 Å². The largest absolute Gasteiger partial charge is 0.481 e. The van der Waals surface area contributed by atoms with Gasteiger partial charge in [-0.05, 0) is 118 Å². The molecule has 1 aromatic rings. The molecule has 0 saturated heterocycles. The summed E-state index contributed by atoms with van der Waals surface area (Å²) in [7, 11) is 0. The molecule has 0 aromatic heterocycles. The number of hydrogen-bond acceptors (Lipinski definition) is 1. The Morgan fingerprint density at radius 3 is 1.97 bits per heavy atom. The molecule has 0 bridgehead atoms. The zero-order valence-electron chi connectivity index (χ0n) is 20.0. The van der Waals surface area contributed by atoms with Gasteiger partial charge in [0.15, 0.2) is 0 Å². The Morgan fingerprint density at radius 1 is 0.800 bits per heavy atom. The lowest BCUT2D eigenvalue weighted by molar-refractivity contribution is -0.143. The molecule has 168 valence electrons. The lowest BCUT2D eigenvalue weighted by Crippen LogP contribution is -2.14. The van der Waals surface area contributed by atoms with E-state index in [0.717, 1.165) is 38.5 Å². The third-order valence-corrected chi connectivity index (χ3v) is 8.27. The predicted molar refractivity (Wildman–Crippen MR) is 126 cm³/mol. The first-order chi connectivity index (χ1) is 14.3. The van der Waals surface area contributed by atoms with Gasteiger partial charge >= 0.3 is 5.97 Å². The van der Waals surface area contributed by atoms with Crippen LogP contribution in [-0.2, 0) is 17.6 Å². The fraction of sp³-hybridized carbons (Fsp3) is 0.750. The fourth-order valence-electron chi connectivity index (χ4n) is 5.24. The van der Waals surface area contributed by atoms with Crippen LogP contribution in [0.25, 0.3) is 0 Å². The molecule has 2 heteroatoms. The summed E-state index contributed by atoms with van der Waals surface area (Å²) in [5, 5.41) is 9.35. The first-order valence-electron chi connectivity index (χ1n) is 12.6. The molecule has 2 nitrogen and oxygen atoms in total. The van der Waals surface area contributed by atoms with Crippen molar-refractivity contribution in [1.82, 2.24) is 0 Å². The average Bonchev–Trinajstić information content (AvgIpc) is 3.61. The fourth-order valence-corrected chi connectivity index (χ4v) is 5.24. The highest BCUT2D eigenvalue weighted by atomic mass is 16.4. The zero-order chi connectivity index (χ0) is 21.8. The Labute approximate surface area is 184 Å². The summed E-state index contributed by atoms with van der Waals surface area (Å²) in [4.78, 5) is 11.3. The Bertz CT molecular complexity index is 737. The SMILES string of the molecule is Cc1cc(C)c(CCCCCC2(C(=O)O)CC2)c(CCCCCCC2(C)CC2)c1C. The number of hydrogen-bond donors (Lipinski definition) is 1. The van der Waals surface area contributed by atoms with Crippen LogP contribution in [0.3, 0.4) is 0 Å². The van der Waals surface area contributed by atoms with Crippen molar-refractivity contribution < 1.29 is 9.90 Å². The summed E-state index contributed by atoms with van der Waals surface area (Å²) in [6, 6.07) is 2.37. The number of aliphatic carboxylic acids is 1. The van der Waals surface area contributed by atoms with E-state index in [9.17, 15) is 9.90 Å². The number of carbonyl (C=O) groups is 1. The molecule has 1 N–H and O–H groups in total.